The molecule has 0 aliphatic heterocycles. The predicted molar refractivity (Wildman–Crippen MR) is 80.4 cm³/mol. The summed E-state index contributed by atoms with van der Waals surface area (Å²) in [7, 11) is -5.32. The zero-order valence-corrected chi connectivity index (χ0v) is 12.5. The third kappa shape index (κ3) is 3.65. The molecule has 8 heteroatoms. The summed E-state index contributed by atoms with van der Waals surface area (Å²) in [4.78, 5) is 0.164. The monoisotopic (exact) mass is 324 g/mol. The molecule has 0 bridgehead atoms. The summed E-state index contributed by atoms with van der Waals surface area (Å²) in [5.41, 5.74) is 0.615. The predicted octanol–water partition coefficient (Wildman–Crippen LogP) is 1.63. The maximum absolute atomic E-state index is 13.9. The molecule has 2 aromatic carbocycles. The molecule has 0 amide bonds. The second-order valence-electron chi connectivity index (χ2n) is 4.51. The van der Waals surface area contributed by atoms with Gasteiger partial charge in [-0.3, -0.25) is 0 Å². The smallest absolute Gasteiger partial charge is 0.512 e. The highest BCUT2D eigenvalue weighted by molar-refractivity contribution is 7.91. The minimum Gasteiger partial charge on any atom is -0.512 e. The van der Waals surface area contributed by atoms with Crippen LogP contribution in [-0.4, -0.2) is 31.5 Å². The molecule has 2 N–H and O–H groups in total. The molecule has 0 aromatic heterocycles. The summed E-state index contributed by atoms with van der Waals surface area (Å²) in [6.45, 7) is 1.55. The molecule has 0 atom stereocenters. The Balaban J connectivity index is 2.40. The Morgan fingerprint density at radius 1 is 1.14 bits per heavy atom. The largest absolute Gasteiger partial charge is 0.707 e. The van der Waals surface area contributed by atoms with Gasteiger partial charge in [-0.15, -0.1) is 0 Å². The zero-order valence-electron chi connectivity index (χ0n) is 11.7. The molecule has 0 aliphatic carbocycles. The molecular weight excluding hydrogens is 310 g/mol. The lowest BCUT2D eigenvalue weighted by Crippen LogP contribution is -2.20. The van der Waals surface area contributed by atoms with Crippen molar-refractivity contribution in [1.29, 1.82) is 0 Å². The highest BCUT2D eigenvalue weighted by Gasteiger charge is 2.15. The van der Waals surface area contributed by atoms with E-state index < -0.39 is 23.0 Å². The van der Waals surface area contributed by atoms with Crippen LogP contribution < -0.4 is 4.65 Å². The van der Waals surface area contributed by atoms with E-state index in [-0.39, 0.29) is 22.0 Å². The van der Waals surface area contributed by atoms with Crippen molar-refractivity contribution in [1.82, 2.24) is 0 Å². The van der Waals surface area contributed by atoms with Crippen molar-refractivity contribution in [2.75, 3.05) is 5.75 Å². The van der Waals surface area contributed by atoms with Crippen molar-refractivity contribution in [3.8, 4) is 16.9 Å². The van der Waals surface area contributed by atoms with Crippen molar-refractivity contribution in [2.24, 2.45) is 0 Å². The standard InChI is InChI=1S/C14H14BFO5S/c1-2-22(19,20)12-6-3-10(4-7-12)13-9-11(21-15(17)18)5-8-14(13)16/h3-9,17-18H,2H2,1H3. The van der Waals surface area contributed by atoms with E-state index in [2.05, 4.69) is 4.65 Å². The summed E-state index contributed by atoms with van der Waals surface area (Å²) in [6, 6.07) is 9.47. The van der Waals surface area contributed by atoms with Gasteiger partial charge in [-0.05, 0) is 35.9 Å². The molecule has 0 saturated carbocycles. The summed E-state index contributed by atoms with van der Waals surface area (Å²) >= 11 is 0. The maximum atomic E-state index is 13.9. The molecule has 2 rings (SSSR count). The van der Waals surface area contributed by atoms with Crippen LogP contribution in [0, 0.1) is 5.82 Å². The third-order valence-corrected chi connectivity index (χ3v) is 4.83. The first-order valence-corrected chi connectivity index (χ1v) is 8.14. The van der Waals surface area contributed by atoms with Gasteiger partial charge < -0.3 is 14.7 Å². The van der Waals surface area contributed by atoms with Crippen molar-refractivity contribution in [2.45, 2.75) is 11.8 Å². The molecule has 22 heavy (non-hydrogen) atoms. The molecule has 0 spiro atoms. The molecule has 0 fully saturated rings. The van der Waals surface area contributed by atoms with Gasteiger partial charge in [-0.1, -0.05) is 19.1 Å². The van der Waals surface area contributed by atoms with Crippen LogP contribution >= 0.6 is 0 Å². The van der Waals surface area contributed by atoms with Gasteiger partial charge in [0.25, 0.3) is 0 Å². The van der Waals surface area contributed by atoms with Crippen LogP contribution in [0.15, 0.2) is 47.4 Å². The Bertz CT molecular complexity index is 759. The van der Waals surface area contributed by atoms with Gasteiger partial charge in [0.05, 0.1) is 10.6 Å². The molecule has 0 radical (unpaired) electrons. The number of sulfone groups is 1. The Labute approximate surface area is 128 Å². The second-order valence-corrected chi connectivity index (χ2v) is 6.79. The fourth-order valence-electron chi connectivity index (χ4n) is 1.93. The van der Waals surface area contributed by atoms with Gasteiger partial charge in [-0.2, -0.15) is 0 Å². The van der Waals surface area contributed by atoms with Gasteiger partial charge in [0.1, 0.15) is 11.6 Å². The van der Waals surface area contributed by atoms with Gasteiger partial charge >= 0.3 is 7.32 Å². The van der Waals surface area contributed by atoms with Crippen LogP contribution in [0.3, 0.4) is 0 Å². The minimum atomic E-state index is -3.32. The van der Waals surface area contributed by atoms with Gasteiger partial charge in [0.15, 0.2) is 9.84 Å². The summed E-state index contributed by atoms with van der Waals surface area (Å²) in [6.07, 6.45) is 0. The lowest BCUT2D eigenvalue weighted by atomic mass is 10.0. The van der Waals surface area contributed by atoms with E-state index in [4.69, 9.17) is 10.0 Å². The molecule has 0 heterocycles. The van der Waals surface area contributed by atoms with E-state index in [1.807, 2.05) is 0 Å². The lowest BCUT2D eigenvalue weighted by Gasteiger charge is -2.09. The van der Waals surface area contributed by atoms with Crippen LogP contribution in [0.1, 0.15) is 6.92 Å². The van der Waals surface area contributed by atoms with Crippen molar-refractivity contribution >= 4 is 17.2 Å². The normalized spacial score (nSPS) is 11.3. The van der Waals surface area contributed by atoms with Crippen LogP contribution in [0.25, 0.3) is 11.1 Å². The fraction of sp³-hybridized carbons (Fsp3) is 0.143. The Morgan fingerprint density at radius 2 is 1.77 bits per heavy atom. The average molecular weight is 324 g/mol. The maximum Gasteiger partial charge on any atom is 0.707 e. The van der Waals surface area contributed by atoms with Crippen molar-refractivity contribution in [3.05, 3.63) is 48.3 Å². The lowest BCUT2D eigenvalue weighted by molar-refractivity contribution is 0.288. The van der Waals surface area contributed by atoms with Gasteiger partial charge in [0, 0.05) is 5.56 Å². The van der Waals surface area contributed by atoms with Crippen molar-refractivity contribution < 1.29 is 27.5 Å². The first kappa shape index (κ1) is 16.5. The number of halogens is 1. The molecular formula is C14H14BFO5S. The minimum absolute atomic E-state index is 0.0155. The molecule has 0 aliphatic rings. The number of hydrogen-bond acceptors (Lipinski definition) is 5. The van der Waals surface area contributed by atoms with E-state index in [1.165, 1.54) is 36.4 Å². The molecule has 116 valence electrons. The van der Waals surface area contributed by atoms with Gasteiger partial charge in [-0.25, -0.2) is 12.8 Å². The van der Waals surface area contributed by atoms with Gasteiger partial charge in [0.2, 0.25) is 0 Å². The topological polar surface area (TPSA) is 83.8 Å². The number of benzene rings is 2. The highest BCUT2D eigenvalue weighted by atomic mass is 32.2. The number of hydrogen-bond donors (Lipinski definition) is 2. The Morgan fingerprint density at radius 3 is 2.32 bits per heavy atom. The van der Waals surface area contributed by atoms with Crippen LogP contribution in [0.4, 0.5) is 4.39 Å². The van der Waals surface area contributed by atoms with Crippen LogP contribution in [0.5, 0.6) is 5.75 Å². The highest BCUT2D eigenvalue weighted by Crippen LogP contribution is 2.28. The molecule has 0 saturated heterocycles. The molecule has 5 nitrogen and oxygen atoms in total. The quantitative estimate of drug-likeness (QED) is 0.817. The van der Waals surface area contributed by atoms with Crippen molar-refractivity contribution in [3.63, 3.8) is 0 Å². The fourth-order valence-corrected chi connectivity index (χ4v) is 2.81. The third-order valence-electron chi connectivity index (χ3n) is 3.08. The Kier molecular flexibility index (Phi) is 4.85. The Hall–Kier alpha value is -1.90. The van der Waals surface area contributed by atoms with E-state index in [9.17, 15) is 12.8 Å². The van der Waals surface area contributed by atoms with E-state index in [0.29, 0.717) is 5.56 Å². The first-order valence-electron chi connectivity index (χ1n) is 6.49. The first-order chi connectivity index (χ1) is 10.3. The van der Waals surface area contributed by atoms with Crippen LogP contribution in [0.2, 0.25) is 0 Å². The van der Waals surface area contributed by atoms with E-state index >= 15 is 0 Å². The average Bonchev–Trinajstić information content (AvgIpc) is 2.49. The zero-order chi connectivity index (χ0) is 16.3. The summed E-state index contributed by atoms with van der Waals surface area (Å²) in [5.74, 6) is -0.471. The summed E-state index contributed by atoms with van der Waals surface area (Å²) < 4.78 is 42.1. The van der Waals surface area contributed by atoms with E-state index in [1.54, 1.807) is 6.92 Å². The molecule has 2 aromatic rings. The molecule has 0 unspecified atom stereocenters. The van der Waals surface area contributed by atoms with E-state index in [0.717, 1.165) is 6.07 Å². The number of rotatable bonds is 5. The van der Waals surface area contributed by atoms with Crippen LogP contribution in [-0.2, 0) is 9.84 Å². The SMILES string of the molecule is CCS(=O)(=O)c1ccc(-c2cc(OB(O)O)ccc2F)cc1. The summed E-state index contributed by atoms with van der Waals surface area (Å²) in [5, 5.41) is 17.5. The second kappa shape index (κ2) is 6.47.